The molecule has 7 heteroatoms. The third-order valence-electron chi connectivity index (χ3n) is 8.16. The van der Waals surface area contributed by atoms with E-state index in [0.29, 0.717) is 23.3 Å². The number of rotatable bonds is 5. The predicted octanol–water partition coefficient (Wildman–Crippen LogP) is 2.33. The Balaban J connectivity index is 1.63. The number of aryl methyl sites for hydroxylation is 1. The van der Waals surface area contributed by atoms with Gasteiger partial charge in [0.05, 0.1) is 13.7 Å². The molecule has 0 radical (unpaired) electrons. The lowest BCUT2D eigenvalue weighted by Crippen LogP contribution is -2.73. The molecule has 7 nitrogen and oxygen atoms in total. The van der Waals surface area contributed by atoms with Crippen molar-refractivity contribution in [3.8, 4) is 11.5 Å². The molecular formula is C24H32O7. The summed E-state index contributed by atoms with van der Waals surface area (Å²) >= 11 is 0. The molecule has 3 aliphatic carbocycles. The van der Waals surface area contributed by atoms with E-state index >= 15 is 0 Å². The first kappa shape index (κ1) is 22.1. The number of hydrogen-bond acceptors (Lipinski definition) is 7. The lowest BCUT2D eigenvalue weighted by atomic mass is 9.44. The van der Waals surface area contributed by atoms with Gasteiger partial charge in [0.25, 0.3) is 0 Å². The van der Waals surface area contributed by atoms with Crippen LogP contribution < -0.4 is 4.74 Å². The zero-order valence-corrected chi connectivity index (χ0v) is 18.5. The van der Waals surface area contributed by atoms with Crippen LogP contribution in [-0.4, -0.2) is 58.4 Å². The summed E-state index contributed by atoms with van der Waals surface area (Å²) in [4.78, 5) is 12.9. The molecular weight excluding hydrogens is 400 g/mol. The van der Waals surface area contributed by atoms with Gasteiger partial charge >= 0.3 is 5.97 Å². The Morgan fingerprint density at radius 2 is 1.90 bits per heavy atom. The van der Waals surface area contributed by atoms with Crippen LogP contribution in [0.5, 0.6) is 11.5 Å². The molecule has 6 atom stereocenters. The average Bonchev–Trinajstić information content (AvgIpc) is 3.07. The van der Waals surface area contributed by atoms with E-state index in [9.17, 15) is 25.2 Å². The van der Waals surface area contributed by atoms with Crippen LogP contribution in [0.2, 0.25) is 0 Å². The summed E-state index contributed by atoms with van der Waals surface area (Å²) in [5.74, 6) is -0.250. The fraction of sp³-hybridized carbons (Fsp3) is 0.625. The van der Waals surface area contributed by atoms with E-state index in [0.717, 1.165) is 12.8 Å². The molecule has 2 saturated carbocycles. The molecule has 0 aliphatic heterocycles. The topological polar surface area (TPSA) is 116 Å². The van der Waals surface area contributed by atoms with Gasteiger partial charge in [-0.3, -0.25) is 0 Å². The van der Waals surface area contributed by atoms with Gasteiger partial charge in [-0.2, -0.15) is 0 Å². The highest BCUT2D eigenvalue weighted by atomic mass is 16.6. The normalized spacial score (nSPS) is 38.5. The Kier molecular flexibility index (Phi) is 5.15. The lowest BCUT2D eigenvalue weighted by molar-refractivity contribution is -0.250. The van der Waals surface area contributed by atoms with Crippen molar-refractivity contribution in [2.24, 2.45) is 22.7 Å². The van der Waals surface area contributed by atoms with Crippen molar-refractivity contribution in [1.82, 2.24) is 0 Å². The van der Waals surface area contributed by atoms with E-state index in [1.807, 2.05) is 19.9 Å². The number of carbonyl (C=O) groups is 1. The highest BCUT2D eigenvalue weighted by Gasteiger charge is 2.72. The van der Waals surface area contributed by atoms with Gasteiger partial charge in [0.1, 0.15) is 28.8 Å². The Morgan fingerprint density at radius 1 is 1.19 bits per heavy atom. The quantitative estimate of drug-likeness (QED) is 0.417. The van der Waals surface area contributed by atoms with E-state index in [2.05, 4.69) is 0 Å². The molecule has 1 aromatic rings. The van der Waals surface area contributed by atoms with Crippen LogP contribution in [0.4, 0.5) is 0 Å². The largest absolute Gasteiger partial charge is 0.507 e. The summed E-state index contributed by atoms with van der Waals surface area (Å²) in [6, 6.07) is 2.98. The van der Waals surface area contributed by atoms with Gasteiger partial charge < -0.3 is 29.9 Å². The molecule has 31 heavy (non-hydrogen) atoms. The van der Waals surface area contributed by atoms with Crippen LogP contribution in [0.15, 0.2) is 23.8 Å². The number of esters is 1. The first-order valence-corrected chi connectivity index (χ1v) is 10.8. The van der Waals surface area contributed by atoms with Crippen molar-refractivity contribution in [1.29, 1.82) is 0 Å². The fourth-order valence-electron chi connectivity index (χ4n) is 6.40. The Bertz CT molecular complexity index is 917. The molecule has 0 spiro atoms. The van der Waals surface area contributed by atoms with E-state index in [1.54, 1.807) is 13.0 Å². The molecule has 0 aromatic heterocycles. The van der Waals surface area contributed by atoms with Crippen molar-refractivity contribution in [2.75, 3.05) is 20.3 Å². The second kappa shape index (κ2) is 7.22. The van der Waals surface area contributed by atoms with Crippen LogP contribution >= 0.6 is 0 Å². The maximum Gasteiger partial charge on any atom is 0.342 e. The molecule has 4 N–H and O–H groups in total. The number of aliphatic hydroxyl groups is 3. The van der Waals surface area contributed by atoms with E-state index in [1.165, 1.54) is 13.2 Å². The van der Waals surface area contributed by atoms with Gasteiger partial charge in [0.2, 0.25) is 0 Å². The number of ether oxygens (including phenoxy) is 2. The van der Waals surface area contributed by atoms with Crippen LogP contribution in [0.1, 0.15) is 49.0 Å². The summed E-state index contributed by atoms with van der Waals surface area (Å²) in [7, 11) is 1.47. The maximum absolute atomic E-state index is 12.9. The maximum atomic E-state index is 12.9. The first-order chi connectivity index (χ1) is 14.5. The van der Waals surface area contributed by atoms with Crippen LogP contribution in [-0.2, 0) is 4.74 Å². The van der Waals surface area contributed by atoms with Crippen LogP contribution in [0.3, 0.4) is 0 Å². The third kappa shape index (κ3) is 3.01. The van der Waals surface area contributed by atoms with Crippen molar-refractivity contribution >= 4 is 5.97 Å². The summed E-state index contributed by atoms with van der Waals surface area (Å²) in [5.41, 5.74) is -1.26. The van der Waals surface area contributed by atoms with Crippen molar-refractivity contribution in [3.05, 3.63) is 34.9 Å². The minimum Gasteiger partial charge on any atom is -0.507 e. The number of aliphatic hydroxyl groups excluding tert-OH is 2. The monoisotopic (exact) mass is 432 g/mol. The van der Waals surface area contributed by atoms with Gasteiger partial charge in [-0.15, -0.1) is 0 Å². The van der Waals surface area contributed by atoms with Gasteiger partial charge in [-0.25, -0.2) is 4.79 Å². The molecule has 4 rings (SSSR count). The van der Waals surface area contributed by atoms with E-state index < -0.39 is 23.1 Å². The number of methoxy groups -OCH3 is 1. The lowest BCUT2D eigenvalue weighted by Gasteiger charge is -2.65. The standard InChI is InChI=1S/C24H32O7/c1-13-5-16(30-4)7-18(27)20(13)21(28)31-19-10-23(3)17-9-22(2,12-26)8-14(17)6-15(11-25)24(19,23)29/h5-7,14,17,19,25-27,29H,8-12H2,1-4H3/t14-,17+,19-,22-,23-,24+/m1/s1. The van der Waals surface area contributed by atoms with Gasteiger partial charge in [0, 0.05) is 18.1 Å². The number of hydrogen-bond donors (Lipinski definition) is 4. The second-order valence-electron chi connectivity index (χ2n) is 10.1. The van der Waals surface area contributed by atoms with Crippen molar-refractivity contribution in [2.45, 2.75) is 51.7 Å². The number of aromatic hydroxyl groups is 1. The van der Waals surface area contributed by atoms with Gasteiger partial charge in [-0.05, 0) is 60.6 Å². The molecule has 1 aromatic carbocycles. The Labute approximate surface area is 182 Å². The molecule has 0 amide bonds. The number of carbonyl (C=O) groups excluding carboxylic acids is 1. The summed E-state index contributed by atoms with van der Waals surface area (Å²) < 4.78 is 10.8. The summed E-state index contributed by atoms with van der Waals surface area (Å²) in [5, 5.41) is 42.0. The van der Waals surface area contributed by atoms with E-state index in [-0.39, 0.29) is 41.8 Å². The first-order valence-electron chi connectivity index (χ1n) is 10.8. The summed E-state index contributed by atoms with van der Waals surface area (Å²) in [6.07, 6.45) is 3.11. The smallest absolute Gasteiger partial charge is 0.342 e. The molecule has 2 fully saturated rings. The molecule has 3 aliphatic rings. The zero-order valence-electron chi connectivity index (χ0n) is 18.5. The highest BCUT2D eigenvalue weighted by Crippen LogP contribution is 2.68. The van der Waals surface area contributed by atoms with E-state index in [4.69, 9.17) is 9.47 Å². The van der Waals surface area contributed by atoms with Crippen LogP contribution in [0.25, 0.3) is 0 Å². The summed E-state index contributed by atoms with van der Waals surface area (Å²) in [6.45, 7) is 5.46. The number of allylic oxidation sites excluding steroid dienone is 1. The molecule has 0 unspecified atom stereocenters. The van der Waals surface area contributed by atoms with Crippen LogP contribution in [0, 0.1) is 29.6 Å². The minimum atomic E-state index is -1.48. The minimum absolute atomic E-state index is 0.0370. The van der Waals surface area contributed by atoms with Gasteiger partial charge in [0.15, 0.2) is 0 Å². The fourth-order valence-corrected chi connectivity index (χ4v) is 6.40. The number of phenolic OH excluding ortho intramolecular Hbond substituents is 1. The van der Waals surface area contributed by atoms with Gasteiger partial charge in [-0.1, -0.05) is 19.9 Å². The number of phenols is 1. The Hall–Kier alpha value is -2.09. The SMILES string of the molecule is COc1cc(C)c(C(=O)O[C@@H]2C[C@]3(C)[C@H]4C[C@](C)(CO)C[C@H]4C=C(CO)[C@]23O)c(O)c1. The van der Waals surface area contributed by atoms with Crippen molar-refractivity contribution in [3.63, 3.8) is 0 Å². The number of fused-ring (bicyclic) bond motifs is 3. The second-order valence-corrected chi connectivity index (χ2v) is 10.1. The molecule has 0 heterocycles. The molecule has 0 saturated heterocycles. The highest BCUT2D eigenvalue weighted by molar-refractivity contribution is 5.94. The third-order valence-corrected chi connectivity index (χ3v) is 8.16. The molecule has 0 bridgehead atoms. The van der Waals surface area contributed by atoms with Crippen molar-refractivity contribution < 1.29 is 34.7 Å². The average molecular weight is 433 g/mol. The Morgan fingerprint density at radius 3 is 2.48 bits per heavy atom. The predicted molar refractivity (Wildman–Crippen MR) is 113 cm³/mol. The molecule has 170 valence electrons. The number of benzene rings is 1. The zero-order chi connectivity index (χ0) is 22.8.